The van der Waals surface area contributed by atoms with Crippen LogP contribution in [-0.4, -0.2) is 72.0 Å². The number of ether oxygens (including phenoxy) is 2. The van der Waals surface area contributed by atoms with Crippen LogP contribution in [0.5, 0.6) is 11.9 Å². The average molecular weight is 491 g/mol. The van der Waals surface area contributed by atoms with Crippen molar-refractivity contribution >= 4 is 17.9 Å². The summed E-state index contributed by atoms with van der Waals surface area (Å²) < 4.78 is 10.3. The Bertz CT molecular complexity index is 1130. The molecule has 0 unspecified atom stereocenters. The molecular weight excluding hydrogens is 456 g/mol. The molecule has 3 heterocycles. The smallest absolute Gasteiger partial charge is 0.319 e. The van der Waals surface area contributed by atoms with E-state index in [9.17, 15) is 9.59 Å². The van der Waals surface area contributed by atoms with Gasteiger partial charge in [0.05, 0.1) is 19.8 Å². The van der Waals surface area contributed by atoms with Gasteiger partial charge in [-0.25, -0.2) is 4.98 Å². The van der Waals surface area contributed by atoms with E-state index in [2.05, 4.69) is 39.1 Å². The van der Waals surface area contributed by atoms with E-state index in [1.165, 1.54) is 25.3 Å². The molecule has 2 fully saturated rings. The fourth-order valence-corrected chi connectivity index (χ4v) is 5.94. The molecule has 8 nitrogen and oxygen atoms in total. The van der Waals surface area contributed by atoms with Crippen molar-refractivity contribution in [3.8, 4) is 11.9 Å². The van der Waals surface area contributed by atoms with Gasteiger partial charge in [-0.3, -0.25) is 9.59 Å². The van der Waals surface area contributed by atoms with Crippen LogP contribution in [0.25, 0.3) is 6.08 Å². The van der Waals surface area contributed by atoms with Gasteiger partial charge >= 0.3 is 6.01 Å². The normalized spacial score (nSPS) is 19.2. The summed E-state index contributed by atoms with van der Waals surface area (Å²) in [6.45, 7) is 3.06. The van der Waals surface area contributed by atoms with Crippen LogP contribution >= 0.6 is 0 Å². The summed E-state index contributed by atoms with van der Waals surface area (Å²) in [5.74, 6) is 1.05. The number of carbonyl (C=O) groups is 2. The van der Waals surface area contributed by atoms with Crippen LogP contribution in [0.2, 0.25) is 0 Å². The Balaban J connectivity index is 1.11. The molecular formula is C28H34N4O4. The number of nitrogens with zero attached hydrogens (tertiary/aromatic N) is 4. The van der Waals surface area contributed by atoms with Crippen molar-refractivity contribution in [3.63, 3.8) is 0 Å². The number of piperidine rings is 1. The first-order valence-electron chi connectivity index (χ1n) is 12.8. The van der Waals surface area contributed by atoms with Gasteiger partial charge in [-0.1, -0.05) is 24.3 Å². The molecule has 5 rings (SSSR count). The third kappa shape index (κ3) is 5.08. The number of hydrogen-bond acceptors (Lipinski definition) is 6. The molecule has 1 spiro atoms. The molecule has 3 aliphatic rings. The lowest BCUT2D eigenvalue weighted by molar-refractivity contribution is -0.135. The van der Waals surface area contributed by atoms with Gasteiger partial charge in [0, 0.05) is 44.9 Å². The number of hydrogen-bond donors (Lipinski definition) is 0. The summed E-state index contributed by atoms with van der Waals surface area (Å²) in [5.41, 5.74) is 3.54. The molecule has 2 amide bonds. The van der Waals surface area contributed by atoms with E-state index in [0.29, 0.717) is 23.8 Å². The summed E-state index contributed by atoms with van der Waals surface area (Å²) in [5, 5.41) is 0. The Morgan fingerprint density at radius 2 is 1.69 bits per heavy atom. The van der Waals surface area contributed by atoms with Crippen LogP contribution in [0.3, 0.4) is 0 Å². The minimum Gasteiger partial charge on any atom is -0.480 e. The Kier molecular flexibility index (Phi) is 6.94. The van der Waals surface area contributed by atoms with Crippen LogP contribution in [0.4, 0.5) is 0 Å². The second-order valence-corrected chi connectivity index (χ2v) is 10.3. The number of likely N-dealkylation sites (tertiary alicyclic amines) is 2. The second-order valence-electron chi connectivity index (χ2n) is 10.3. The average Bonchev–Trinajstić information content (AvgIpc) is 3.51. The Labute approximate surface area is 212 Å². The number of amides is 2. The van der Waals surface area contributed by atoms with Crippen LogP contribution < -0.4 is 9.47 Å². The second kappa shape index (κ2) is 10.3. The predicted molar refractivity (Wildman–Crippen MR) is 136 cm³/mol. The van der Waals surface area contributed by atoms with Gasteiger partial charge in [0.1, 0.15) is 0 Å². The zero-order valence-corrected chi connectivity index (χ0v) is 21.1. The van der Waals surface area contributed by atoms with E-state index in [1.807, 2.05) is 4.90 Å². The summed E-state index contributed by atoms with van der Waals surface area (Å²) in [4.78, 5) is 38.1. The van der Waals surface area contributed by atoms with Crippen molar-refractivity contribution in [1.29, 1.82) is 0 Å². The highest BCUT2D eigenvalue weighted by Gasteiger charge is 2.42. The lowest BCUT2D eigenvalue weighted by atomic mass is 9.77. The third-order valence-corrected chi connectivity index (χ3v) is 8.07. The minimum atomic E-state index is -0.0240. The lowest BCUT2D eigenvalue weighted by Gasteiger charge is -2.39. The Morgan fingerprint density at radius 3 is 2.33 bits per heavy atom. The van der Waals surface area contributed by atoms with Gasteiger partial charge in [-0.2, -0.15) is 4.98 Å². The van der Waals surface area contributed by atoms with E-state index >= 15 is 0 Å². The molecule has 2 aromatic rings. The zero-order chi connectivity index (χ0) is 25.1. The van der Waals surface area contributed by atoms with E-state index < -0.39 is 0 Å². The first-order chi connectivity index (χ1) is 17.5. The summed E-state index contributed by atoms with van der Waals surface area (Å²) in [6.07, 6.45) is 10.4. The Hall–Kier alpha value is -3.42. The monoisotopic (exact) mass is 490 g/mol. The van der Waals surface area contributed by atoms with Gasteiger partial charge in [-0.15, -0.1) is 0 Å². The largest absolute Gasteiger partial charge is 0.480 e. The van der Waals surface area contributed by atoms with Crippen molar-refractivity contribution < 1.29 is 19.1 Å². The van der Waals surface area contributed by atoms with Crippen molar-refractivity contribution in [1.82, 2.24) is 19.8 Å². The standard InChI is InChI=1S/C28H34N4O4/c1-35-26-23(18-29-27(30-26)36-2)7-8-24(33)32-14-11-28(19-32)9-12-31(13-10-28)25(34)17-20-15-21-5-3-4-6-22(21)16-20/h3-8,18,20H,9-17,19H2,1-2H3. The molecule has 0 radical (unpaired) electrons. The number of benzene rings is 1. The first kappa shape index (κ1) is 24.3. The van der Waals surface area contributed by atoms with Crippen LogP contribution in [0.15, 0.2) is 36.5 Å². The number of aromatic nitrogens is 2. The molecule has 0 N–H and O–H groups in total. The topological polar surface area (TPSA) is 84.9 Å². The number of methoxy groups -OCH3 is 2. The summed E-state index contributed by atoms with van der Waals surface area (Å²) in [7, 11) is 3.02. The minimum absolute atomic E-state index is 0.0240. The number of fused-ring (bicyclic) bond motifs is 1. The van der Waals surface area contributed by atoms with Gasteiger partial charge in [0.15, 0.2) is 0 Å². The maximum atomic E-state index is 13.0. The molecule has 0 saturated carbocycles. The molecule has 190 valence electrons. The maximum absolute atomic E-state index is 13.0. The molecule has 1 aromatic carbocycles. The fourth-order valence-electron chi connectivity index (χ4n) is 5.94. The summed E-state index contributed by atoms with van der Waals surface area (Å²) >= 11 is 0. The molecule has 2 aliphatic heterocycles. The maximum Gasteiger partial charge on any atom is 0.319 e. The molecule has 0 atom stereocenters. The van der Waals surface area contributed by atoms with Gasteiger partial charge < -0.3 is 19.3 Å². The zero-order valence-electron chi connectivity index (χ0n) is 21.1. The molecule has 1 aliphatic carbocycles. The van der Waals surface area contributed by atoms with Crippen molar-refractivity contribution in [3.05, 3.63) is 53.2 Å². The molecule has 8 heteroatoms. The van der Waals surface area contributed by atoms with Gasteiger partial charge in [-0.05, 0) is 60.6 Å². The number of rotatable bonds is 6. The van der Waals surface area contributed by atoms with Gasteiger partial charge in [0.25, 0.3) is 0 Å². The van der Waals surface area contributed by atoms with E-state index in [1.54, 1.807) is 18.3 Å². The highest BCUT2D eigenvalue weighted by atomic mass is 16.5. The fraction of sp³-hybridized carbons (Fsp3) is 0.500. The predicted octanol–water partition coefficient (Wildman–Crippen LogP) is 3.15. The number of carbonyl (C=O) groups excluding carboxylic acids is 2. The molecule has 1 aromatic heterocycles. The van der Waals surface area contributed by atoms with Gasteiger partial charge in [0.2, 0.25) is 17.7 Å². The van der Waals surface area contributed by atoms with Crippen molar-refractivity contribution in [2.75, 3.05) is 40.4 Å². The van der Waals surface area contributed by atoms with Crippen LogP contribution in [-0.2, 0) is 22.4 Å². The van der Waals surface area contributed by atoms with Crippen molar-refractivity contribution in [2.24, 2.45) is 11.3 Å². The lowest BCUT2D eigenvalue weighted by Crippen LogP contribution is -2.45. The van der Waals surface area contributed by atoms with Crippen molar-refractivity contribution in [2.45, 2.75) is 38.5 Å². The molecule has 2 saturated heterocycles. The molecule has 36 heavy (non-hydrogen) atoms. The van der Waals surface area contributed by atoms with Crippen LogP contribution in [0.1, 0.15) is 42.4 Å². The van der Waals surface area contributed by atoms with Crippen LogP contribution in [0, 0.1) is 11.3 Å². The first-order valence-corrected chi connectivity index (χ1v) is 12.8. The highest BCUT2D eigenvalue weighted by Crippen LogP contribution is 2.41. The Morgan fingerprint density at radius 1 is 1.03 bits per heavy atom. The third-order valence-electron chi connectivity index (χ3n) is 8.07. The highest BCUT2D eigenvalue weighted by molar-refractivity contribution is 5.92. The summed E-state index contributed by atoms with van der Waals surface area (Å²) in [6, 6.07) is 8.77. The quantitative estimate of drug-likeness (QED) is 0.579. The van der Waals surface area contributed by atoms with E-state index in [0.717, 1.165) is 58.3 Å². The van der Waals surface area contributed by atoms with E-state index in [-0.39, 0.29) is 23.2 Å². The molecule has 0 bridgehead atoms. The van der Waals surface area contributed by atoms with E-state index in [4.69, 9.17) is 9.47 Å². The SMILES string of the molecule is COc1ncc(C=CC(=O)N2CCC3(CCN(C(=O)CC4Cc5ccccc5C4)CC3)C2)c(OC)n1.